The van der Waals surface area contributed by atoms with E-state index in [0.29, 0.717) is 11.1 Å². The Hall–Kier alpha value is -4.07. The first-order chi connectivity index (χ1) is 27.5. The Kier molecular flexibility index (Phi) is 13.4. The monoisotopic (exact) mass is 863 g/mol. The van der Waals surface area contributed by atoms with Crippen molar-refractivity contribution in [3.63, 3.8) is 0 Å². The predicted octanol–water partition coefficient (Wildman–Crippen LogP) is 6.78. The van der Waals surface area contributed by atoms with Crippen molar-refractivity contribution in [2.75, 3.05) is 38.3 Å². The van der Waals surface area contributed by atoms with Crippen LogP contribution in [0.1, 0.15) is 109 Å². The Morgan fingerprint density at radius 1 is 1.03 bits per heavy atom. The number of carbonyl (C=O) groups is 3. The first kappa shape index (κ1) is 46.0. The topological polar surface area (TPSA) is 202 Å². The highest BCUT2D eigenvalue weighted by molar-refractivity contribution is 7.80. The zero-order chi connectivity index (χ0) is 44.0. The predicted molar refractivity (Wildman–Crippen MR) is 222 cm³/mol. The van der Waals surface area contributed by atoms with Gasteiger partial charge in [-0.25, -0.2) is 9.18 Å². The third-order valence-corrected chi connectivity index (χ3v) is 18.3. The molecule has 2 aliphatic rings. The zero-order valence-corrected chi connectivity index (χ0v) is 36.9. The number of amides is 1. The third-order valence-electron chi connectivity index (χ3n) is 11.7. The fraction of sp³-hybridized carbons (Fsp3) is 0.561. The Labute approximate surface area is 343 Å². The number of rotatable bonds is 16. The SMILES string of the molecule is CCOP(=O)(c1ccc(OC(=O)C(C)C)c(C(C)(C)CC(=O)N2CCN(c3c(F)cc4c(=O)c(C(=O)O)cn(C5CC5)c4c3OC)CC2C)c1)C(CC)(CC)P(=O)(O)O. The van der Waals surface area contributed by atoms with Gasteiger partial charge in [-0.05, 0) is 63.8 Å². The maximum absolute atomic E-state index is 16.1. The number of fused-ring (bicyclic) bond motifs is 1. The van der Waals surface area contributed by atoms with Crippen LogP contribution in [0.5, 0.6) is 11.5 Å². The summed E-state index contributed by atoms with van der Waals surface area (Å²) in [6.07, 6.45) is 2.35. The largest absolute Gasteiger partial charge is 0.492 e. The van der Waals surface area contributed by atoms with Crippen LogP contribution in [-0.4, -0.2) is 86.5 Å². The van der Waals surface area contributed by atoms with Crippen LogP contribution in [0.25, 0.3) is 10.9 Å². The average molecular weight is 864 g/mol. The number of hydrogen-bond acceptors (Lipinski definition) is 10. The molecule has 1 aliphatic heterocycles. The highest BCUT2D eigenvalue weighted by Crippen LogP contribution is 2.75. The van der Waals surface area contributed by atoms with Crippen molar-refractivity contribution in [1.82, 2.24) is 9.47 Å². The number of pyridine rings is 1. The van der Waals surface area contributed by atoms with E-state index in [-0.39, 0.29) is 85.3 Å². The number of anilines is 1. The van der Waals surface area contributed by atoms with E-state index in [0.717, 1.165) is 18.9 Å². The average Bonchev–Trinajstić information content (AvgIpc) is 4.00. The molecule has 15 nitrogen and oxygen atoms in total. The first-order valence-corrected chi connectivity index (χ1v) is 23.2. The van der Waals surface area contributed by atoms with Gasteiger partial charge in [0.1, 0.15) is 17.0 Å². The number of carboxylic acids is 1. The van der Waals surface area contributed by atoms with Gasteiger partial charge in [0.15, 0.2) is 16.5 Å². The van der Waals surface area contributed by atoms with E-state index in [9.17, 15) is 38.6 Å². The number of aromatic nitrogens is 1. The molecule has 2 atom stereocenters. The van der Waals surface area contributed by atoms with Gasteiger partial charge in [0.05, 0.1) is 30.5 Å². The number of esters is 1. The van der Waals surface area contributed by atoms with Gasteiger partial charge in [0, 0.05) is 60.6 Å². The summed E-state index contributed by atoms with van der Waals surface area (Å²) in [5, 5.41) is 9.62. The second-order valence-corrected chi connectivity index (χ2v) is 21.4. The van der Waals surface area contributed by atoms with Crippen LogP contribution in [0.4, 0.5) is 10.1 Å². The highest BCUT2D eigenvalue weighted by Gasteiger charge is 2.59. The number of carbonyl (C=O) groups excluding carboxylic acids is 2. The maximum Gasteiger partial charge on any atom is 0.341 e. The number of nitrogens with zero attached hydrogens (tertiary/aromatic N) is 3. The van der Waals surface area contributed by atoms with E-state index in [4.69, 9.17) is 14.0 Å². The molecule has 2 unspecified atom stereocenters. The van der Waals surface area contributed by atoms with Gasteiger partial charge < -0.3 is 43.3 Å². The van der Waals surface area contributed by atoms with E-state index in [1.807, 2.05) is 6.92 Å². The second kappa shape index (κ2) is 17.1. The lowest BCUT2D eigenvalue weighted by molar-refractivity contribution is -0.137. The van der Waals surface area contributed by atoms with Crippen LogP contribution in [0.15, 0.2) is 35.3 Å². The lowest BCUT2D eigenvalue weighted by Crippen LogP contribution is -2.55. The van der Waals surface area contributed by atoms with E-state index in [2.05, 4.69) is 0 Å². The Morgan fingerprint density at radius 2 is 1.68 bits per heavy atom. The Morgan fingerprint density at radius 3 is 2.19 bits per heavy atom. The molecular formula is C41H56FN3O12P2. The minimum absolute atomic E-state index is 0.0193. The second-order valence-electron chi connectivity index (χ2n) is 16.4. The van der Waals surface area contributed by atoms with E-state index >= 15 is 8.96 Å². The minimum Gasteiger partial charge on any atom is -0.492 e. The van der Waals surface area contributed by atoms with Crippen molar-refractivity contribution < 1.29 is 56.8 Å². The van der Waals surface area contributed by atoms with Gasteiger partial charge in [-0.15, -0.1) is 0 Å². The zero-order valence-electron chi connectivity index (χ0n) is 35.1. The normalized spacial score (nSPS) is 17.6. The van der Waals surface area contributed by atoms with Gasteiger partial charge in [0.2, 0.25) is 18.7 Å². The smallest absolute Gasteiger partial charge is 0.341 e. The van der Waals surface area contributed by atoms with Crippen molar-refractivity contribution in [1.29, 1.82) is 0 Å². The molecule has 18 heteroatoms. The molecule has 1 aliphatic carbocycles. The van der Waals surface area contributed by atoms with Crippen LogP contribution >= 0.6 is 15.0 Å². The summed E-state index contributed by atoms with van der Waals surface area (Å²) >= 11 is 0. The standard InChI is InChI=1S/C41H56FN3O12P2/c1-10-41(11-2,59(52,53)54)58(51,56-12-3)27-15-16-32(57-39(50)24(4)5)30(19-27)40(7,8)21-33(46)44-18-17-43(22-25(44)6)35-31(42)20-28-34(37(35)55-9)45(26-13-14-26)23-29(36(28)47)38(48)49/h15-16,19-20,23-26H,10-14,17-18,21-22H2,1-9H3,(H,48,49)(H2,52,53,54). The van der Waals surface area contributed by atoms with Crippen molar-refractivity contribution in [2.24, 2.45) is 5.92 Å². The van der Waals surface area contributed by atoms with Crippen LogP contribution in [0.2, 0.25) is 0 Å². The van der Waals surface area contributed by atoms with Crippen LogP contribution < -0.4 is 25.1 Å². The molecule has 0 spiro atoms. The van der Waals surface area contributed by atoms with Gasteiger partial charge in [-0.1, -0.05) is 41.5 Å². The highest BCUT2D eigenvalue weighted by atomic mass is 31.2. The number of benzene rings is 2. The molecule has 2 aromatic carbocycles. The molecule has 1 saturated carbocycles. The van der Waals surface area contributed by atoms with Crippen molar-refractivity contribution >= 4 is 54.7 Å². The quantitative estimate of drug-likeness (QED) is 0.0773. The summed E-state index contributed by atoms with van der Waals surface area (Å²) in [6.45, 7) is 13.7. The summed E-state index contributed by atoms with van der Waals surface area (Å²) in [5.74, 6) is -3.35. The molecule has 5 rings (SSSR count). The summed E-state index contributed by atoms with van der Waals surface area (Å²) in [4.78, 5) is 75.0. The number of halogens is 1. The number of methoxy groups -OCH3 is 1. The lowest BCUT2D eigenvalue weighted by atomic mass is 9.80. The number of hydrogen-bond donors (Lipinski definition) is 3. The van der Waals surface area contributed by atoms with Gasteiger partial charge >= 0.3 is 19.5 Å². The molecular weight excluding hydrogens is 807 g/mol. The summed E-state index contributed by atoms with van der Waals surface area (Å²) in [5.41, 5.74) is -1.68. The summed E-state index contributed by atoms with van der Waals surface area (Å²) < 4.78 is 63.3. The molecule has 1 saturated heterocycles. The Balaban J connectivity index is 1.50. The molecule has 2 fully saturated rings. The van der Waals surface area contributed by atoms with Crippen LogP contribution in [0.3, 0.4) is 0 Å². The maximum atomic E-state index is 16.1. The first-order valence-electron chi connectivity index (χ1n) is 19.9. The Bertz CT molecular complexity index is 2300. The molecule has 1 aromatic heterocycles. The number of ether oxygens (including phenoxy) is 2. The van der Waals surface area contributed by atoms with Crippen molar-refractivity contribution in [2.45, 2.75) is 110 Å². The fourth-order valence-electron chi connectivity index (χ4n) is 8.24. The van der Waals surface area contributed by atoms with Gasteiger partial charge in [-0.2, -0.15) is 0 Å². The summed E-state index contributed by atoms with van der Waals surface area (Å²) in [6, 6.07) is 4.81. The summed E-state index contributed by atoms with van der Waals surface area (Å²) in [7, 11) is -8.02. The van der Waals surface area contributed by atoms with Crippen molar-refractivity contribution in [3.05, 3.63) is 57.6 Å². The van der Waals surface area contributed by atoms with Crippen LogP contribution in [0, 0.1) is 11.7 Å². The van der Waals surface area contributed by atoms with Gasteiger partial charge in [0.25, 0.3) is 0 Å². The molecule has 59 heavy (non-hydrogen) atoms. The van der Waals surface area contributed by atoms with E-state index < -0.39 is 66.0 Å². The molecule has 1 amide bonds. The third kappa shape index (κ3) is 8.36. The van der Waals surface area contributed by atoms with E-state index in [1.54, 1.807) is 62.8 Å². The molecule has 3 aromatic rings. The number of piperazine rings is 1. The van der Waals surface area contributed by atoms with E-state index in [1.165, 1.54) is 31.5 Å². The molecule has 0 bridgehead atoms. The molecule has 0 radical (unpaired) electrons. The number of aromatic carboxylic acids is 1. The van der Waals surface area contributed by atoms with Crippen molar-refractivity contribution in [3.8, 4) is 11.5 Å². The fourth-order valence-corrected chi connectivity index (χ4v) is 13.6. The number of carboxylic acid groups (broad SMARTS) is 1. The lowest BCUT2D eigenvalue weighted by Gasteiger charge is -2.42. The molecule has 3 N–H and O–H groups in total. The van der Waals surface area contributed by atoms with Crippen LogP contribution in [-0.2, 0) is 28.7 Å². The van der Waals surface area contributed by atoms with Gasteiger partial charge in [-0.3, -0.25) is 23.5 Å². The minimum atomic E-state index is -5.04. The molecule has 2 heterocycles. The molecule has 324 valence electrons.